The van der Waals surface area contributed by atoms with Crippen molar-refractivity contribution >= 4 is 27.1 Å². The SMILES string of the molecule is C1=CC2=C(c3ccc(-c4ccccc4)cc3)c3ccccc3C(c3cccc(-c4cc5ccccc5c5ccccc45)c3)C2C=C1. The first kappa shape index (κ1) is 26.7. The first-order valence-corrected chi connectivity index (χ1v) is 16.2. The Morgan fingerprint density at radius 2 is 1.09 bits per heavy atom. The third kappa shape index (κ3) is 4.37. The van der Waals surface area contributed by atoms with Crippen molar-refractivity contribution < 1.29 is 0 Å². The average Bonchev–Trinajstić information content (AvgIpc) is 3.14. The van der Waals surface area contributed by atoms with E-state index in [0.717, 1.165) is 0 Å². The van der Waals surface area contributed by atoms with Gasteiger partial charge in [-0.15, -0.1) is 0 Å². The van der Waals surface area contributed by atoms with Gasteiger partial charge in [-0.3, -0.25) is 0 Å². The van der Waals surface area contributed by atoms with Gasteiger partial charge in [-0.2, -0.15) is 0 Å². The van der Waals surface area contributed by atoms with Crippen LogP contribution < -0.4 is 0 Å². The summed E-state index contributed by atoms with van der Waals surface area (Å²) in [7, 11) is 0. The summed E-state index contributed by atoms with van der Waals surface area (Å²) in [5, 5.41) is 5.18. The van der Waals surface area contributed by atoms with Gasteiger partial charge >= 0.3 is 0 Å². The maximum absolute atomic E-state index is 2.45. The number of benzene rings is 7. The number of allylic oxidation sites excluding steroid dienone is 5. The van der Waals surface area contributed by atoms with E-state index in [2.05, 4.69) is 182 Å². The van der Waals surface area contributed by atoms with E-state index in [0.29, 0.717) is 0 Å². The van der Waals surface area contributed by atoms with Gasteiger partial charge in [0.15, 0.2) is 0 Å². The summed E-state index contributed by atoms with van der Waals surface area (Å²) in [6.45, 7) is 0. The summed E-state index contributed by atoms with van der Waals surface area (Å²) < 4.78 is 0. The molecule has 0 spiro atoms. The van der Waals surface area contributed by atoms with E-state index >= 15 is 0 Å². The van der Waals surface area contributed by atoms with Gasteiger partial charge in [0.2, 0.25) is 0 Å². The Morgan fingerprint density at radius 1 is 0.413 bits per heavy atom. The van der Waals surface area contributed by atoms with Crippen LogP contribution in [0.1, 0.15) is 28.2 Å². The molecule has 0 aliphatic heterocycles. The van der Waals surface area contributed by atoms with Crippen LogP contribution in [-0.4, -0.2) is 0 Å². The zero-order chi connectivity index (χ0) is 30.5. The van der Waals surface area contributed by atoms with Crippen LogP contribution in [0.5, 0.6) is 0 Å². The molecule has 9 rings (SSSR count). The molecule has 0 saturated heterocycles. The molecule has 0 heterocycles. The van der Waals surface area contributed by atoms with Crippen molar-refractivity contribution in [3.8, 4) is 22.3 Å². The average molecular weight is 585 g/mol. The molecule has 2 atom stereocenters. The van der Waals surface area contributed by atoms with Gasteiger partial charge < -0.3 is 0 Å². The maximum atomic E-state index is 2.45. The summed E-state index contributed by atoms with van der Waals surface area (Å²) in [5.41, 5.74) is 13.1. The van der Waals surface area contributed by atoms with Crippen LogP contribution in [0.4, 0.5) is 0 Å². The fourth-order valence-electron chi connectivity index (χ4n) is 7.81. The fraction of sp³-hybridized carbons (Fsp3) is 0.0435. The van der Waals surface area contributed by atoms with Crippen molar-refractivity contribution in [2.45, 2.75) is 5.92 Å². The molecule has 0 heteroatoms. The largest absolute Gasteiger partial charge is 0.0760 e. The van der Waals surface area contributed by atoms with E-state index in [9.17, 15) is 0 Å². The maximum Gasteiger partial charge on any atom is 0.0199 e. The van der Waals surface area contributed by atoms with Crippen LogP contribution in [-0.2, 0) is 0 Å². The molecule has 0 nitrogen and oxygen atoms in total. The lowest BCUT2D eigenvalue weighted by Crippen LogP contribution is -2.22. The van der Waals surface area contributed by atoms with E-state index in [1.54, 1.807) is 0 Å². The van der Waals surface area contributed by atoms with Crippen LogP contribution >= 0.6 is 0 Å². The molecule has 0 aromatic heterocycles. The topological polar surface area (TPSA) is 0 Å². The molecule has 0 fully saturated rings. The van der Waals surface area contributed by atoms with Gasteiger partial charge in [0.05, 0.1) is 0 Å². The molecular weight excluding hydrogens is 553 g/mol. The fourth-order valence-corrected chi connectivity index (χ4v) is 7.81. The second-order valence-corrected chi connectivity index (χ2v) is 12.4. The lowest BCUT2D eigenvalue weighted by atomic mass is 9.66. The summed E-state index contributed by atoms with van der Waals surface area (Å²) in [5.74, 6) is 0.457. The predicted molar refractivity (Wildman–Crippen MR) is 195 cm³/mol. The Hall–Kier alpha value is -5.72. The van der Waals surface area contributed by atoms with Crippen molar-refractivity contribution in [3.05, 3.63) is 210 Å². The molecule has 2 aliphatic carbocycles. The normalized spacial score (nSPS) is 16.9. The standard InChI is InChI=1S/C46H32/c1-2-13-31(14-3-1)32-25-27-33(28-26-32)45-40-21-8-10-23-42(40)46(43-24-11-9-22-41(43)45)36-17-12-16-34(29-36)44-30-35-15-4-5-18-37(35)38-19-6-7-20-39(38)44/h1-30,42,46H. The molecule has 0 saturated carbocycles. The minimum absolute atomic E-state index is 0.214. The van der Waals surface area contributed by atoms with E-state index in [1.165, 1.54) is 77.2 Å². The van der Waals surface area contributed by atoms with Gasteiger partial charge in [0.25, 0.3) is 0 Å². The molecule has 0 N–H and O–H groups in total. The van der Waals surface area contributed by atoms with Crippen molar-refractivity contribution in [2.24, 2.45) is 5.92 Å². The molecule has 2 unspecified atom stereocenters. The quantitative estimate of drug-likeness (QED) is 0.181. The summed E-state index contributed by atoms with van der Waals surface area (Å²) >= 11 is 0. The monoisotopic (exact) mass is 584 g/mol. The van der Waals surface area contributed by atoms with Crippen LogP contribution in [0.2, 0.25) is 0 Å². The van der Waals surface area contributed by atoms with Crippen molar-refractivity contribution in [3.63, 3.8) is 0 Å². The molecule has 0 amide bonds. The second kappa shape index (κ2) is 11.0. The molecule has 0 radical (unpaired) electrons. The molecule has 216 valence electrons. The van der Waals surface area contributed by atoms with Crippen LogP contribution in [0, 0.1) is 5.92 Å². The van der Waals surface area contributed by atoms with Crippen molar-refractivity contribution in [2.75, 3.05) is 0 Å². The summed E-state index contributed by atoms with van der Waals surface area (Å²) in [6, 6.07) is 58.1. The molecule has 0 bridgehead atoms. The highest BCUT2D eigenvalue weighted by Gasteiger charge is 2.35. The summed E-state index contributed by atoms with van der Waals surface area (Å²) in [6.07, 6.45) is 9.18. The number of hydrogen-bond acceptors (Lipinski definition) is 0. The van der Waals surface area contributed by atoms with Crippen molar-refractivity contribution in [1.29, 1.82) is 0 Å². The number of rotatable bonds is 4. The predicted octanol–water partition coefficient (Wildman–Crippen LogP) is 12.0. The van der Waals surface area contributed by atoms with Gasteiger partial charge in [-0.25, -0.2) is 0 Å². The molecule has 2 aliphatic rings. The second-order valence-electron chi connectivity index (χ2n) is 12.4. The first-order chi connectivity index (χ1) is 22.8. The Kier molecular flexibility index (Phi) is 6.39. The Balaban J connectivity index is 1.19. The summed E-state index contributed by atoms with van der Waals surface area (Å²) in [4.78, 5) is 0. The Labute approximate surface area is 270 Å². The lowest BCUT2D eigenvalue weighted by Gasteiger charge is -2.37. The number of hydrogen-bond donors (Lipinski definition) is 0. The molecule has 46 heavy (non-hydrogen) atoms. The van der Waals surface area contributed by atoms with Crippen LogP contribution in [0.15, 0.2) is 188 Å². The minimum Gasteiger partial charge on any atom is -0.0760 e. The van der Waals surface area contributed by atoms with Crippen molar-refractivity contribution in [1.82, 2.24) is 0 Å². The van der Waals surface area contributed by atoms with Gasteiger partial charge in [-0.05, 0) is 83.3 Å². The van der Waals surface area contributed by atoms with Gasteiger partial charge in [-0.1, -0.05) is 176 Å². The zero-order valence-corrected chi connectivity index (χ0v) is 25.5. The molecule has 7 aromatic rings. The number of fused-ring (bicyclic) bond motifs is 5. The highest BCUT2D eigenvalue weighted by Crippen LogP contribution is 2.50. The van der Waals surface area contributed by atoms with E-state index in [1.807, 2.05) is 0 Å². The highest BCUT2D eigenvalue weighted by molar-refractivity contribution is 6.13. The van der Waals surface area contributed by atoms with Gasteiger partial charge in [0.1, 0.15) is 0 Å². The van der Waals surface area contributed by atoms with Crippen LogP contribution in [0.3, 0.4) is 0 Å². The third-order valence-corrected chi connectivity index (χ3v) is 9.88. The van der Waals surface area contributed by atoms with E-state index < -0.39 is 0 Å². The molecular formula is C46H32. The van der Waals surface area contributed by atoms with Gasteiger partial charge in [0, 0.05) is 11.8 Å². The van der Waals surface area contributed by atoms with Crippen LogP contribution in [0.25, 0.3) is 49.4 Å². The zero-order valence-electron chi connectivity index (χ0n) is 25.5. The molecule has 7 aromatic carbocycles. The highest BCUT2D eigenvalue weighted by atomic mass is 14.4. The minimum atomic E-state index is 0.214. The lowest BCUT2D eigenvalue weighted by molar-refractivity contribution is 0.649. The van der Waals surface area contributed by atoms with E-state index in [4.69, 9.17) is 0 Å². The third-order valence-electron chi connectivity index (χ3n) is 9.88. The Morgan fingerprint density at radius 3 is 1.96 bits per heavy atom. The first-order valence-electron chi connectivity index (χ1n) is 16.2. The Bertz CT molecular complexity index is 2350. The van der Waals surface area contributed by atoms with E-state index in [-0.39, 0.29) is 11.8 Å². The smallest absolute Gasteiger partial charge is 0.0199 e.